The first kappa shape index (κ1) is 16.0. The fraction of sp³-hybridized carbons (Fsp3) is 0.562. The number of carbonyl (C=O) groups is 1. The third-order valence-corrected chi connectivity index (χ3v) is 4.91. The fourth-order valence-corrected chi connectivity index (χ4v) is 3.76. The molecule has 1 amide bonds. The van der Waals surface area contributed by atoms with Crippen LogP contribution in [0.4, 0.5) is 0 Å². The normalized spacial score (nSPS) is 18.4. The van der Waals surface area contributed by atoms with Crippen LogP contribution in [0.25, 0.3) is 0 Å². The molecule has 0 bridgehead atoms. The summed E-state index contributed by atoms with van der Waals surface area (Å²) in [5, 5.41) is 4.12. The van der Waals surface area contributed by atoms with E-state index in [0.29, 0.717) is 11.4 Å². The second-order valence-corrected chi connectivity index (χ2v) is 7.02. The van der Waals surface area contributed by atoms with Crippen LogP contribution in [-0.4, -0.2) is 43.5 Å². The van der Waals surface area contributed by atoms with Gasteiger partial charge in [0.2, 0.25) is 0 Å². The van der Waals surface area contributed by atoms with Crippen LogP contribution < -0.4 is 0 Å². The number of nitrogens with zero attached hydrogens (tertiary/aromatic N) is 5. The highest BCUT2D eigenvalue weighted by Gasteiger charge is 2.29. The first-order valence-electron chi connectivity index (χ1n) is 7.97. The Morgan fingerprint density at radius 3 is 3.00 bits per heavy atom. The van der Waals surface area contributed by atoms with Crippen LogP contribution >= 0.6 is 11.5 Å². The zero-order valence-electron chi connectivity index (χ0n) is 13.7. The Morgan fingerprint density at radius 2 is 2.26 bits per heavy atom. The summed E-state index contributed by atoms with van der Waals surface area (Å²) >= 11 is 1.20. The van der Waals surface area contributed by atoms with Gasteiger partial charge in [-0.2, -0.15) is 0 Å². The van der Waals surface area contributed by atoms with Crippen molar-refractivity contribution < 1.29 is 4.79 Å². The fourth-order valence-electron chi connectivity index (χ4n) is 2.97. The average Bonchev–Trinajstić information content (AvgIpc) is 3.04. The highest BCUT2D eigenvalue weighted by Crippen LogP contribution is 2.28. The molecule has 23 heavy (non-hydrogen) atoms. The average molecular weight is 331 g/mol. The molecule has 0 saturated carbocycles. The van der Waals surface area contributed by atoms with E-state index in [-0.39, 0.29) is 17.7 Å². The number of carbonyl (C=O) groups excluding carboxylic acids is 1. The predicted octanol–water partition coefficient (Wildman–Crippen LogP) is 2.78. The lowest BCUT2D eigenvalue weighted by atomic mass is 9.94. The van der Waals surface area contributed by atoms with Gasteiger partial charge in [-0.3, -0.25) is 4.79 Å². The van der Waals surface area contributed by atoms with Crippen molar-refractivity contribution in [1.29, 1.82) is 0 Å². The molecule has 1 saturated heterocycles. The zero-order chi connectivity index (χ0) is 16.4. The van der Waals surface area contributed by atoms with E-state index >= 15 is 0 Å². The first-order chi connectivity index (χ1) is 11.1. The van der Waals surface area contributed by atoms with Crippen LogP contribution in [0.15, 0.2) is 12.3 Å². The molecule has 0 radical (unpaired) electrons. The Hall–Kier alpha value is -1.89. The van der Waals surface area contributed by atoms with Gasteiger partial charge in [-0.15, -0.1) is 5.10 Å². The minimum Gasteiger partial charge on any atom is -0.337 e. The van der Waals surface area contributed by atoms with Crippen molar-refractivity contribution in [1.82, 2.24) is 24.5 Å². The van der Waals surface area contributed by atoms with Crippen molar-refractivity contribution in [2.45, 2.75) is 45.4 Å². The largest absolute Gasteiger partial charge is 0.337 e. The van der Waals surface area contributed by atoms with Gasteiger partial charge < -0.3 is 4.90 Å². The first-order valence-corrected chi connectivity index (χ1v) is 8.74. The smallest absolute Gasteiger partial charge is 0.267 e. The molecule has 1 fully saturated rings. The Bertz CT molecular complexity index is 699. The van der Waals surface area contributed by atoms with Crippen molar-refractivity contribution in [2.24, 2.45) is 0 Å². The molecule has 1 aliphatic heterocycles. The highest BCUT2D eigenvalue weighted by molar-refractivity contribution is 7.08. The molecule has 1 aliphatic rings. The summed E-state index contributed by atoms with van der Waals surface area (Å²) in [7, 11) is 0. The molecule has 1 atom stereocenters. The van der Waals surface area contributed by atoms with E-state index in [0.717, 1.165) is 36.6 Å². The van der Waals surface area contributed by atoms with E-state index < -0.39 is 0 Å². The summed E-state index contributed by atoms with van der Waals surface area (Å²) in [4.78, 5) is 24.1. The number of hydrogen-bond acceptors (Lipinski definition) is 6. The molecule has 122 valence electrons. The number of likely N-dealkylation sites (tertiary alicyclic amines) is 1. The summed E-state index contributed by atoms with van der Waals surface area (Å²) in [5.41, 5.74) is 1.83. The van der Waals surface area contributed by atoms with Gasteiger partial charge in [0.1, 0.15) is 10.7 Å². The van der Waals surface area contributed by atoms with Crippen molar-refractivity contribution in [3.05, 3.63) is 34.4 Å². The maximum absolute atomic E-state index is 12.9. The summed E-state index contributed by atoms with van der Waals surface area (Å²) in [6.07, 6.45) is 3.84. The van der Waals surface area contributed by atoms with E-state index in [1.54, 1.807) is 6.20 Å². The maximum atomic E-state index is 12.9. The highest BCUT2D eigenvalue weighted by atomic mass is 32.1. The topological polar surface area (TPSA) is 71.9 Å². The summed E-state index contributed by atoms with van der Waals surface area (Å²) in [6, 6.07) is 1.96. The van der Waals surface area contributed by atoms with Crippen molar-refractivity contribution >= 4 is 17.4 Å². The van der Waals surface area contributed by atoms with Gasteiger partial charge >= 0.3 is 0 Å². The van der Waals surface area contributed by atoms with Gasteiger partial charge in [0, 0.05) is 30.9 Å². The molecule has 3 heterocycles. The lowest BCUT2D eigenvalue weighted by Gasteiger charge is -2.32. The van der Waals surface area contributed by atoms with Gasteiger partial charge in [-0.05, 0) is 43.3 Å². The minimum atomic E-state index is 0.0548. The van der Waals surface area contributed by atoms with E-state index in [9.17, 15) is 4.79 Å². The molecule has 0 spiro atoms. The molecule has 0 aliphatic carbocycles. The van der Waals surface area contributed by atoms with Gasteiger partial charge in [0.25, 0.3) is 5.91 Å². The summed E-state index contributed by atoms with van der Waals surface area (Å²) < 4.78 is 3.97. The Kier molecular flexibility index (Phi) is 4.66. The van der Waals surface area contributed by atoms with Crippen molar-refractivity contribution in [3.63, 3.8) is 0 Å². The molecule has 0 N–H and O–H groups in total. The van der Waals surface area contributed by atoms with E-state index in [1.807, 2.05) is 31.7 Å². The molecule has 3 rings (SSSR count). The lowest BCUT2D eigenvalue weighted by Crippen LogP contribution is -2.39. The number of amides is 1. The second kappa shape index (κ2) is 6.70. The molecule has 0 aromatic carbocycles. The Balaban J connectivity index is 1.78. The molecular formula is C16H21N5OS. The van der Waals surface area contributed by atoms with Crippen LogP contribution in [-0.2, 0) is 0 Å². The molecule has 1 unspecified atom stereocenters. The van der Waals surface area contributed by atoms with Crippen LogP contribution in [0.2, 0.25) is 0 Å². The van der Waals surface area contributed by atoms with Crippen LogP contribution in [0.3, 0.4) is 0 Å². The predicted molar refractivity (Wildman–Crippen MR) is 88.6 cm³/mol. The summed E-state index contributed by atoms with van der Waals surface area (Å²) in [5.74, 6) is 1.31. The van der Waals surface area contributed by atoms with Crippen molar-refractivity contribution in [2.75, 3.05) is 13.1 Å². The summed E-state index contributed by atoms with van der Waals surface area (Å²) in [6.45, 7) is 7.46. The van der Waals surface area contributed by atoms with E-state index in [4.69, 9.17) is 0 Å². The Morgan fingerprint density at radius 1 is 1.43 bits per heavy atom. The third kappa shape index (κ3) is 3.39. The Labute approximate surface area is 140 Å². The number of aromatic nitrogens is 4. The van der Waals surface area contributed by atoms with Gasteiger partial charge in [-0.25, -0.2) is 9.97 Å². The number of piperidine rings is 1. The molecule has 7 heteroatoms. The second-order valence-electron chi connectivity index (χ2n) is 6.26. The van der Waals surface area contributed by atoms with E-state index in [1.165, 1.54) is 11.5 Å². The SMILES string of the molecule is Cc1nccc(C2CCCN(C(=O)c3snnc3C(C)C)C2)n1. The lowest BCUT2D eigenvalue weighted by molar-refractivity contribution is 0.0709. The van der Waals surface area contributed by atoms with Gasteiger partial charge in [0.15, 0.2) is 0 Å². The maximum Gasteiger partial charge on any atom is 0.267 e. The standard InChI is InChI=1S/C16H21N5OS/c1-10(2)14-15(23-20-19-14)16(22)21-8-4-5-12(9-21)13-6-7-17-11(3)18-13/h6-7,10,12H,4-5,8-9H2,1-3H3. The molecule has 6 nitrogen and oxygen atoms in total. The quantitative estimate of drug-likeness (QED) is 0.865. The van der Waals surface area contributed by atoms with Crippen LogP contribution in [0, 0.1) is 6.92 Å². The number of hydrogen-bond donors (Lipinski definition) is 0. The zero-order valence-corrected chi connectivity index (χ0v) is 14.5. The van der Waals surface area contributed by atoms with Gasteiger partial charge in [-0.1, -0.05) is 18.3 Å². The monoisotopic (exact) mass is 331 g/mol. The number of aryl methyl sites for hydroxylation is 1. The van der Waals surface area contributed by atoms with E-state index in [2.05, 4.69) is 19.6 Å². The molecule has 2 aromatic heterocycles. The molecule has 2 aromatic rings. The van der Waals surface area contributed by atoms with Gasteiger partial charge in [0.05, 0.1) is 5.69 Å². The van der Waals surface area contributed by atoms with Crippen LogP contribution in [0.5, 0.6) is 0 Å². The molecular weight excluding hydrogens is 310 g/mol. The number of rotatable bonds is 3. The minimum absolute atomic E-state index is 0.0548. The third-order valence-electron chi connectivity index (χ3n) is 4.18. The van der Waals surface area contributed by atoms with Crippen LogP contribution in [0.1, 0.15) is 65.4 Å². The van der Waals surface area contributed by atoms with Crippen molar-refractivity contribution in [3.8, 4) is 0 Å².